The van der Waals surface area contributed by atoms with Gasteiger partial charge in [-0.1, -0.05) is 35.9 Å². The average molecular weight is 435 g/mol. The number of nitrogens with zero attached hydrogens (tertiary/aromatic N) is 1. The molecule has 1 amide bonds. The maximum Gasteiger partial charge on any atom is 0.266 e. The molecule has 3 aromatic rings. The van der Waals surface area contributed by atoms with E-state index in [2.05, 4.69) is 5.32 Å². The van der Waals surface area contributed by atoms with Crippen molar-refractivity contribution in [3.05, 3.63) is 99.3 Å². The normalized spacial score (nSPS) is 11.0. The fourth-order valence-corrected chi connectivity index (χ4v) is 3.04. The number of anilines is 1. The van der Waals surface area contributed by atoms with Crippen LogP contribution in [0.1, 0.15) is 22.3 Å². The zero-order valence-corrected chi connectivity index (χ0v) is 17.8. The van der Waals surface area contributed by atoms with Gasteiger partial charge < -0.3 is 10.1 Å². The molecule has 3 rings (SSSR count). The minimum absolute atomic E-state index is 0.00806. The SMILES string of the molecule is Cc1ccc(NC(=O)/C(C#N)=C/c2cc(Cl)ccc2OCc2ccccc2F)cc1C. The molecule has 0 saturated heterocycles. The van der Waals surface area contributed by atoms with Crippen molar-refractivity contribution >= 4 is 29.3 Å². The molecule has 4 nitrogen and oxygen atoms in total. The molecule has 0 aliphatic heterocycles. The van der Waals surface area contributed by atoms with Crippen molar-refractivity contribution in [2.75, 3.05) is 5.32 Å². The molecule has 0 saturated carbocycles. The van der Waals surface area contributed by atoms with Crippen LogP contribution < -0.4 is 10.1 Å². The molecule has 0 heterocycles. The van der Waals surface area contributed by atoms with E-state index in [1.807, 2.05) is 32.0 Å². The molecule has 1 N–H and O–H groups in total. The quantitative estimate of drug-likeness (QED) is 0.370. The Morgan fingerprint density at radius 2 is 1.90 bits per heavy atom. The number of carbonyl (C=O) groups is 1. The van der Waals surface area contributed by atoms with Crippen molar-refractivity contribution < 1.29 is 13.9 Å². The standard InChI is InChI=1S/C25H20ClFN2O2/c1-16-7-9-22(11-17(16)2)29-25(30)20(14-28)12-19-13-21(26)8-10-24(19)31-15-18-5-3-4-6-23(18)27/h3-13H,15H2,1-2H3,(H,29,30)/b20-12+. The molecule has 0 fully saturated rings. The predicted molar refractivity (Wildman–Crippen MR) is 120 cm³/mol. The average Bonchev–Trinajstić information content (AvgIpc) is 2.75. The van der Waals surface area contributed by atoms with Gasteiger partial charge in [0, 0.05) is 21.8 Å². The van der Waals surface area contributed by atoms with Crippen LogP contribution in [0.2, 0.25) is 5.02 Å². The summed E-state index contributed by atoms with van der Waals surface area (Å²) in [6, 6.07) is 18.5. The molecule has 0 aromatic heterocycles. The predicted octanol–water partition coefficient (Wildman–Crippen LogP) is 6.22. The summed E-state index contributed by atoms with van der Waals surface area (Å²) in [7, 11) is 0. The summed E-state index contributed by atoms with van der Waals surface area (Å²) < 4.78 is 19.6. The third-order valence-electron chi connectivity index (χ3n) is 4.74. The molecule has 156 valence electrons. The Bertz CT molecular complexity index is 1200. The lowest BCUT2D eigenvalue weighted by molar-refractivity contribution is -0.112. The van der Waals surface area contributed by atoms with E-state index >= 15 is 0 Å². The Morgan fingerprint density at radius 3 is 2.61 bits per heavy atom. The number of halogens is 2. The number of nitrogens with one attached hydrogen (secondary N) is 1. The van der Waals surface area contributed by atoms with Gasteiger partial charge in [0.1, 0.15) is 29.8 Å². The van der Waals surface area contributed by atoms with E-state index in [1.54, 1.807) is 42.5 Å². The number of benzene rings is 3. The highest BCUT2D eigenvalue weighted by Crippen LogP contribution is 2.27. The van der Waals surface area contributed by atoms with Crippen LogP contribution in [0.15, 0.2) is 66.2 Å². The van der Waals surface area contributed by atoms with Gasteiger partial charge in [0.05, 0.1) is 0 Å². The monoisotopic (exact) mass is 434 g/mol. The topological polar surface area (TPSA) is 62.1 Å². The van der Waals surface area contributed by atoms with Gasteiger partial charge in [-0.3, -0.25) is 4.79 Å². The number of carbonyl (C=O) groups excluding carboxylic acids is 1. The number of nitriles is 1. The Labute approximate surface area is 185 Å². The van der Waals surface area contributed by atoms with Gasteiger partial charge in [0.25, 0.3) is 5.91 Å². The number of hydrogen-bond donors (Lipinski definition) is 1. The van der Waals surface area contributed by atoms with Gasteiger partial charge in [0.15, 0.2) is 0 Å². The Balaban J connectivity index is 1.84. The second-order valence-electron chi connectivity index (χ2n) is 6.99. The van der Waals surface area contributed by atoms with E-state index in [4.69, 9.17) is 16.3 Å². The lowest BCUT2D eigenvalue weighted by Gasteiger charge is -2.11. The Kier molecular flexibility index (Phi) is 7.07. The fraction of sp³-hybridized carbons (Fsp3) is 0.120. The largest absolute Gasteiger partial charge is 0.488 e. The fourth-order valence-electron chi connectivity index (χ4n) is 2.86. The Hall–Kier alpha value is -3.62. The highest BCUT2D eigenvalue weighted by molar-refractivity contribution is 6.30. The van der Waals surface area contributed by atoms with Crippen molar-refractivity contribution in [2.24, 2.45) is 0 Å². The van der Waals surface area contributed by atoms with Crippen LogP contribution in [0.5, 0.6) is 5.75 Å². The highest BCUT2D eigenvalue weighted by atomic mass is 35.5. The van der Waals surface area contributed by atoms with E-state index < -0.39 is 5.91 Å². The molecule has 0 aliphatic carbocycles. The first-order valence-corrected chi connectivity index (χ1v) is 9.91. The van der Waals surface area contributed by atoms with Crippen LogP contribution >= 0.6 is 11.6 Å². The zero-order valence-electron chi connectivity index (χ0n) is 17.1. The van der Waals surface area contributed by atoms with Crippen molar-refractivity contribution in [1.29, 1.82) is 5.26 Å². The van der Waals surface area contributed by atoms with E-state index in [0.29, 0.717) is 27.6 Å². The van der Waals surface area contributed by atoms with Crippen LogP contribution in [-0.4, -0.2) is 5.91 Å². The summed E-state index contributed by atoms with van der Waals surface area (Å²) in [6.07, 6.45) is 1.40. The van der Waals surface area contributed by atoms with Gasteiger partial charge in [-0.05, 0) is 67.4 Å². The van der Waals surface area contributed by atoms with Crippen LogP contribution in [0.4, 0.5) is 10.1 Å². The van der Waals surface area contributed by atoms with E-state index in [-0.39, 0.29) is 18.0 Å². The van der Waals surface area contributed by atoms with Gasteiger partial charge in [0.2, 0.25) is 0 Å². The minimum Gasteiger partial charge on any atom is -0.488 e. The van der Waals surface area contributed by atoms with Gasteiger partial charge in [-0.15, -0.1) is 0 Å². The lowest BCUT2D eigenvalue weighted by atomic mass is 10.1. The second-order valence-corrected chi connectivity index (χ2v) is 7.42. The highest BCUT2D eigenvalue weighted by Gasteiger charge is 2.13. The van der Waals surface area contributed by atoms with Crippen LogP contribution in [0.25, 0.3) is 6.08 Å². The molecular formula is C25H20ClFN2O2. The first-order valence-electron chi connectivity index (χ1n) is 9.53. The molecule has 0 bridgehead atoms. The summed E-state index contributed by atoms with van der Waals surface area (Å²) in [6.45, 7) is 3.91. The van der Waals surface area contributed by atoms with Crippen molar-refractivity contribution in [3.63, 3.8) is 0 Å². The van der Waals surface area contributed by atoms with Crippen molar-refractivity contribution in [1.82, 2.24) is 0 Å². The number of ether oxygens (including phenoxy) is 1. The van der Waals surface area contributed by atoms with Gasteiger partial charge in [-0.2, -0.15) is 5.26 Å². The summed E-state index contributed by atoms with van der Waals surface area (Å²) in [4.78, 5) is 12.6. The molecule has 0 radical (unpaired) electrons. The lowest BCUT2D eigenvalue weighted by Crippen LogP contribution is -2.13. The van der Waals surface area contributed by atoms with E-state index in [1.165, 1.54) is 12.1 Å². The van der Waals surface area contributed by atoms with Crippen LogP contribution in [-0.2, 0) is 11.4 Å². The number of aryl methyl sites for hydroxylation is 2. The maximum atomic E-state index is 13.9. The molecule has 31 heavy (non-hydrogen) atoms. The van der Waals surface area contributed by atoms with Gasteiger partial charge in [-0.25, -0.2) is 4.39 Å². The molecule has 0 aliphatic rings. The number of amides is 1. The molecule has 0 unspecified atom stereocenters. The summed E-state index contributed by atoms with van der Waals surface area (Å²) in [5, 5.41) is 12.7. The van der Waals surface area contributed by atoms with Crippen molar-refractivity contribution in [3.8, 4) is 11.8 Å². The number of rotatable bonds is 6. The van der Waals surface area contributed by atoms with Crippen molar-refractivity contribution in [2.45, 2.75) is 20.5 Å². The minimum atomic E-state index is -0.550. The second kappa shape index (κ2) is 9.92. The molecular weight excluding hydrogens is 415 g/mol. The Morgan fingerprint density at radius 1 is 1.13 bits per heavy atom. The smallest absolute Gasteiger partial charge is 0.266 e. The summed E-state index contributed by atoms with van der Waals surface area (Å²) >= 11 is 6.10. The number of hydrogen-bond acceptors (Lipinski definition) is 3. The van der Waals surface area contributed by atoms with Crippen LogP contribution in [0, 0.1) is 31.0 Å². The molecule has 0 atom stereocenters. The third-order valence-corrected chi connectivity index (χ3v) is 4.98. The third kappa shape index (κ3) is 5.71. The van der Waals surface area contributed by atoms with E-state index in [9.17, 15) is 14.4 Å². The first kappa shape index (κ1) is 22.1. The summed E-state index contributed by atoms with van der Waals surface area (Å²) in [5.41, 5.74) is 3.44. The molecule has 0 spiro atoms. The zero-order chi connectivity index (χ0) is 22.4. The van der Waals surface area contributed by atoms with Crippen LogP contribution in [0.3, 0.4) is 0 Å². The van der Waals surface area contributed by atoms with E-state index in [0.717, 1.165) is 11.1 Å². The summed E-state index contributed by atoms with van der Waals surface area (Å²) in [5.74, 6) is -0.552. The molecule has 6 heteroatoms. The molecule has 3 aromatic carbocycles. The first-order chi connectivity index (χ1) is 14.9. The van der Waals surface area contributed by atoms with Gasteiger partial charge >= 0.3 is 0 Å². The maximum absolute atomic E-state index is 13.9.